The van der Waals surface area contributed by atoms with Gasteiger partial charge in [-0.05, 0) is 60.0 Å². The lowest BCUT2D eigenvalue weighted by Crippen LogP contribution is -2.55. The van der Waals surface area contributed by atoms with Crippen molar-refractivity contribution in [1.82, 2.24) is 15.1 Å². The van der Waals surface area contributed by atoms with E-state index in [9.17, 15) is 14.7 Å². The van der Waals surface area contributed by atoms with Crippen LogP contribution < -0.4 is 10.1 Å². The molecule has 2 aliphatic rings. The van der Waals surface area contributed by atoms with Gasteiger partial charge in [-0.1, -0.05) is 74.8 Å². The number of hydrogen-bond acceptors (Lipinski definition) is 5. The number of benzene rings is 3. The molecule has 228 valence electrons. The summed E-state index contributed by atoms with van der Waals surface area (Å²) < 4.78 is 6.12. The molecule has 5 rings (SSSR count). The first-order valence-corrected chi connectivity index (χ1v) is 14.7. The maximum absolute atomic E-state index is 14.4. The fraction of sp³-hybridized carbons (Fsp3) is 0.364. The summed E-state index contributed by atoms with van der Waals surface area (Å²) in [5.41, 5.74) is 2.74. The molecule has 0 saturated carbocycles. The fourth-order valence-electron chi connectivity index (χ4n) is 5.30. The lowest BCUT2D eigenvalue weighted by atomic mass is 9.85. The van der Waals surface area contributed by atoms with Crippen LogP contribution in [0.5, 0.6) is 5.75 Å². The number of ether oxygens (including phenoxy) is 1. The highest BCUT2D eigenvalue weighted by Crippen LogP contribution is 2.46. The number of aliphatic hydroxyl groups is 1. The van der Waals surface area contributed by atoms with E-state index in [1.165, 1.54) is 0 Å². The Hall–Kier alpha value is -3.59. The number of aliphatic imine (C=N–C) groups is 1. The second kappa shape index (κ2) is 13.4. The van der Waals surface area contributed by atoms with Crippen LogP contribution >= 0.6 is 23.2 Å². The summed E-state index contributed by atoms with van der Waals surface area (Å²) in [7, 11) is 0. The SMILES string of the molecule is C.CCOc1cc(C(C)(C)CO)ccc1C1=N[C@@H](c2ccc(Cl)cc2)[C@@H](c2ccc(Cl)cc2)N1C(=O)N1CCNC(=O)C1. The van der Waals surface area contributed by atoms with Crippen LogP contribution in [0.25, 0.3) is 0 Å². The smallest absolute Gasteiger partial charge is 0.326 e. The first kappa shape index (κ1) is 32.3. The molecular weight excluding hydrogens is 587 g/mol. The monoisotopic (exact) mass is 624 g/mol. The Morgan fingerprint density at radius 2 is 1.67 bits per heavy atom. The highest BCUT2D eigenvalue weighted by atomic mass is 35.5. The number of nitrogens with one attached hydrogen (secondary N) is 1. The number of halogens is 2. The number of amides is 3. The molecule has 8 nitrogen and oxygen atoms in total. The highest BCUT2D eigenvalue weighted by Gasteiger charge is 2.45. The topological polar surface area (TPSA) is 94.5 Å². The second-order valence-electron chi connectivity index (χ2n) is 11.1. The molecule has 0 radical (unpaired) electrons. The molecule has 43 heavy (non-hydrogen) atoms. The third-order valence-corrected chi connectivity index (χ3v) is 8.21. The van der Waals surface area contributed by atoms with E-state index >= 15 is 0 Å². The van der Waals surface area contributed by atoms with Crippen molar-refractivity contribution in [2.75, 3.05) is 32.8 Å². The van der Waals surface area contributed by atoms with E-state index < -0.39 is 17.5 Å². The van der Waals surface area contributed by atoms with E-state index in [4.69, 9.17) is 32.9 Å². The number of carbonyl (C=O) groups is 2. The Morgan fingerprint density at radius 1 is 1.05 bits per heavy atom. The van der Waals surface area contributed by atoms with Gasteiger partial charge in [0.25, 0.3) is 0 Å². The Balaban J connectivity index is 0.00000423. The van der Waals surface area contributed by atoms with Gasteiger partial charge in [0.1, 0.15) is 24.2 Å². The Kier molecular flexibility index (Phi) is 10.1. The van der Waals surface area contributed by atoms with Gasteiger partial charge in [-0.3, -0.25) is 14.7 Å². The van der Waals surface area contributed by atoms with E-state index in [0.29, 0.717) is 46.9 Å². The number of carbonyl (C=O) groups excluding carboxylic acids is 2. The molecule has 0 unspecified atom stereocenters. The normalized spacial score (nSPS) is 18.6. The lowest BCUT2D eigenvalue weighted by molar-refractivity contribution is -0.123. The van der Waals surface area contributed by atoms with Gasteiger partial charge in [-0.2, -0.15) is 0 Å². The number of amidine groups is 1. The van der Waals surface area contributed by atoms with Gasteiger partial charge < -0.3 is 20.1 Å². The minimum Gasteiger partial charge on any atom is -0.493 e. The third-order valence-electron chi connectivity index (χ3n) is 7.70. The van der Waals surface area contributed by atoms with Crippen molar-refractivity contribution < 1.29 is 19.4 Å². The van der Waals surface area contributed by atoms with Crippen molar-refractivity contribution >= 4 is 41.0 Å². The van der Waals surface area contributed by atoms with Crippen molar-refractivity contribution in [3.8, 4) is 5.75 Å². The molecule has 2 heterocycles. The number of piperazine rings is 1. The lowest BCUT2D eigenvalue weighted by Gasteiger charge is -2.36. The van der Waals surface area contributed by atoms with E-state index in [1.807, 2.05) is 75.4 Å². The maximum atomic E-state index is 14.4. The van der Waals surface area contributed by atoms with Gasteiger partial charge in [0, 0.05) is 28.5 Å². The minimum absolute atomic E-state index is 0. The molecule has 0 bridgehead atoms. The van der Waals surface area contributed by atoms with Crippen molar-refractivity contribution in [2.24, 2.45) is 4.99 Å². The first-order chi connectivity index (χ1) is 20.1. The minimum atomic E-state index is -0.543. The van der Waals surface area contributed by atoms with E-state index in [1.54, 1.807) is 21.9 Å². The molecule has 3 amide bonds. The van der Waals surface area contributed by atoms with Gasteiger partial charge in [-0.15, -0.1) is 0 Å². The molecule has 0 aromatic heterocycles. The zero-order valence-electron chi connectivity index (χ0n) is 23.8. The molecule has 10 heteroatoms. The van der Waals surface area contributed by atoms with Crippen molar-refractivity contribution in [1.29, 1.82) is 0 Å². The van der Waals surface area contributed by atoms with Crippen LogP contribution in [0.4, 0.5) is 4.79 Å². The Labute approximate surface area is 263 Å². The van der Waals surface area contributed by atoms with Crippen LogP contribution in [-0.2, 0) is 10.2 Å². The van der Waals surface area contributed by atoms with Crippen LogP contribution in [0.3, 0.4) is 0 Å². The molecule has 0 spiro atoms. The number of aliphatic hydroxyl groups excluding tert-OH is 1. The summed E-state index contributed by atoms with van der Waals surface area (Å²) in [4.78, 5) is 35.2. The van der Waals surface area contributed by atoms with Crippen LogP contribution in [0, 0.1) is 0 Å². The van der Waals surface area contributed by atoms with Crippen LogP contribution in [0.1, 0.15) is 62.5 Å². The first-order valence-electron chi connectivity index (χ1n) is 13.9. The van der Waals surface area contributed by atoms with Gasteiger partial charge in [0.05, 0.1) is 24.8 Å². The molecule has 3 aromatic rings. The fourth-order valence-corrected chi connectivity index (χ4v) is 5.55. The summed E-state index contributed by atoms with van der Waals surface area (Å²) in [6, 6.07) is 19.2. The summed E-state index contributed by atoms with van der Waals surface area (Å²) in [5, 5.41) is 14.0. The van der Waals surface area contributed by atoms with E-state index in [-0.39, 0.29) is 32.5 Å². The molecule has 1 fully saturated rings. The van der Waals surface area contributed by atoms with E-state index in [0.717, 1.165) is 16.7 Å². The average molecular weight is 626 g/mol. The zero-order chi connectivity index (χ0) is 30.0. The van der Waals surface area contributed by atoms with Gasteiger partial charge in [0.15, 0.2) is 0 Å². The maximum Gasteiger partial charge on any atom is 0.326 e. The summed E-state index contributed by atoms with van der Waals surface area (Å²) >= 11 is 12.5. The molecular formula is C33H38Cl2N4O4. The molecule has 3 aromatic carbocycles. The van der Waals surface area contributed by atoms with Crippen LogP contribution in [0.2, 0.25) is 10.0 Å². The van der Waals surface area contributed by atoms with Crippen molar-refractivity contribution in [2.45, 2.75) is 45.7 Å². The number of hydrogen-bond donors (Lipinski definition) is 2. The standard InChI is InChI=1S/C32H34Cl2N4O4.CH4/c1-4-42-26-17-22(32(2,3)19-39)9-14-25(26)30-36-28(20-5-10-23(33)11-6-20)29(21-7-12-24(34)13-8-21)38(30)31(41)37-16-15-35-27(40)18-37;/h5-14,17,28-29,39H,4,15-16,18-19H2,1-3H3,(H,35,40);1H4/t28-,29+;/m0./s1. The molecule has 2 aliphatic heterocycles. The van der Waals surface area contributed by atoms with Gasteiger partial charge in [0.2, 0.25) is 5.91 Å². The van der Waals surface area contributed by atoms with Crippen LogP contribution in [0.15, 0.2) is 71.7 Å². The number of urea groups is 1. The molecule has 2 atom stereocenters. The highest BCUT2D eigenvalue weighted by molar-refractivity contribution is 6.30. The summed E-state index contributed by atoms with van der Waals surface area (Å²) in [6.07, 6.45) is 0. The van der Waals surface area contributed by atoms with E-state index in [2.05, 4.69) is 5.32 Å². The van der Waals surface area contributed by atoms with Crippen molar-refractivity contribution in [3.63, 3.8) is 0 Å². The summed E-state index contributed by atoms with van der Waals surface area (Å²) in [5.74, 6) is 0.772. The predicted molar refractivity (Wildman–Crippen MR) is 171 cm³/mol. The summed E-state index contributed by atoms with van der Waals surface area (Å²) in [6.45, 7) is 6.84. The predicted octanol–water partition coefficient (Wildman–Crippen LogP) is 6.39. The Bertz CT molecular complexity index is 1490. The molecule has 0 aliphatic carbocycles. The number of nitrogens with zero attached hydrogens (tertiary/aromatic N) is 3. The number of rotatable bonds is 7. The third kappa shape index (κ3) is 6.66. The van der Waals surface area contributed by atoms with Gasteiger partial charge in [-0.25, -0.2) is 4.79 Å². The molecule has 2 N–H and O–H groups in total. The second-order valence-corrected chi connectivity index (χ2v) is 11.9. The van der Waals surface area contributed by atoms with Crippen molar-refractivity contribution in [3.05, 3.63) is 99.0 Å². The van der Waals surface area contributed by atoms with Gasteiger partial charge >= 0.3 is 6.03 Å². The average Bonchev–Trinajstić information content (AvgIpc) is 3.38. The molecule has 1 saturated heterocycles. The largest absolute Gasteiger partial charge is 0.493 e. The zero-order valence-corrected chi connectivity index (χ0v) is 25.3. The van der Waals surface area contributed by atoms with Crippen LogP contribution in [-0.4, -0.2) is 65.5 Å². The Morgan fingerprint density at radius 3 is 2.26 bits per heavy atom. The quantitative estimate of drug-likeness (QED) is 0.318.